The normalized spacial score (nSPS) is 10.8. The SMILES string of the molecule is N#Cc1ccc(Cl)c(S(=O)(=O)Nc2ccc(Cl)nn2)c1. The van der Waals surface area contributed by atoms with Gasteiger partial charge in [0, 0.05) is 0 Å². The fourth-order valence-corrected chi connectivity index (χ4v) is 2.97. The van der Waals surface area contributed by atoms with Gasteiger partial charge in [0.1, 0.15) is 4.90 Å². The third-order valence-corrected chi connectivity index (χ3v) is 4.26. The van der Waals surface area contributed by atoms with E-state index in [1.165, 1.54) is 30.3 Å². The molecule has 6 nitrogen and oxygen atoms in total. The van der Waals surface area contributed by atoms with E-state index in [-0.39, 0.29) is 26.5 Å². The molecule has 0 saturated carbocycles. The van der Waals surface area contributed by atoms with Crippen LogP contribution in [-0.2, 0) is 10.0 Å². The van der Waals surface area contributed by atoms with Gasteiger partial charge in [0.25, 0.3) is 10.0 Å². The van der Waals surface area contributed by atoms with Crippen LogP contribution in [-0.4, -0.2) is 18.6 Å². The Kier molecular flexibility index (Phi) is 4.09. The number of sulfonamides is 1. The number of rotatable bonds is 3. The maximum absolute atomic E-state index is 12.2. The molecule has 2 aromatic rings. The quantitative estimate of drug-likeness (QED) is 0.933. The maximum atomic E-state index is 12.2. The molecule has 102 valence electrons. The van der Waals surface area contributed by atoms with Crippen molar-refractivity contribution in [2.45, 2.75) is 4.90 Å². The summed E-state index contributed by atoms with van der Waals surface area (Å²) in [5, 5.41) is 16.0. The highest BCUT2D eigenvalue weighted by molar-refractivity contribution is 7.92. The highest BCUT2D eigenvalue weighted by atomic mass is 35.5. The average Bonchev–Trinajstić information content (AvgIpc) is 2.41. The predicted molar refractivity (Wildman–Crippen MR) is 74.0 cm³/mol. The number of nitriles is 1. The van der Waals surface area contributed by atoms with Crippen LogP contribution in [0.25, 0.3) is 0 Å². The summed E-state index contributed by atoms with van der Waals surface area (Å²) in [6, 6.07) is 8.52. The lowest BCUT2D eigenvalue weighted by atomic mass is 10.2. The van der Waals surface area contributed by atoms with Crippen molar-refractivity contribution in [3.05, 3.63) is 46.1 Å². The molecule has 0 aliphatic rings. The first kappa shape index (κ1) is 14.5. The molecule has 0 fully saturated rings. The molecule has 2 rings (SSSR count). The van der Waals surface area contributed by atoms with Gasteiger partial charge in [-0.1, -0.05) is 23.2 Å². The van der Waals surface area contributed by atoms with E-state index in [0.29, 0.717) is 0 Å². The summed E-state index contributed by atoms with van der Waals surface area (Å²) in [6.45, 7) is 0. The van der Waals surface area contributed by atoms with E-state index in [2.05, 4.69) is 14.9 Å². The lowest BCUT2D eigenvalue weighted by Gasteiger charge is -2.08. The molecule has 9 heteroatoms. The van der Waals surface area contributed by atoms with Gasteiger partial charge in [-0.15, -0.1) is 10.2 Å². The van der Waals surface area contributed by atoms with Crippen LogP contribution in [0.1, 0.15) is 5.56 Å². The summed E-state index contributed by atoms with van der Waals surface area (Å²) < 4.78 is 26.5. The number of nitrogens with one attached hydrogen (secondary N) is 1. The van der Waals surface area contributed by atoms with E-state index in [0.717, 1.165) is 0 Å². The standard InChI is InChI=1S/C11H6Cl2N4O2S/c12-8-2-1-7(6-14)5-9(8)20(18,19)17-11-4-3-10(13)15-16-11/h1-5H,(H,16,17). The number of aromatic nitrogens is 2. The molecule has 0 spiro atoms. The topological polar surface area (TPSA) is 95.7 Å². The van der Waals surface area contributed by atoms with E-state index >= 15 is 0 Å². The smallest absolute Gasteiger partial charge is 0.262 e. The summed E-state index contributed by atoms with van der Waals surface area (Å²) in [7, 11) is -3.97. The van der Waals surface area contributed by atoms with Crippen LogP contribution in [0.3, 0.4) is 0 Å². The Bertz CT molecular complexity index is 785. The lowest BCUT2D eigenvalue weighted by Crippen LogP contribution is -2.15. The zero-order valence-corrected chi connectivity index (χ0v) is 12.0. The third kappa shape index (κ3) is 3.17. The molecule has 1 heterocycles. The van der Waals surface area contributed by atoms with Crippen LogP contribution in [0.4, 0.5) is 5.82 Å². The van der Waals surface area contributed by atoms with Gasteiger partial charge < -0.3 is 0 Å². The van der Waals surface area contributed by atoms with Gasteiger partial charge >= 0.3 is 0 Å². The van der Waals surface area contributed by atoms with Gasteiger partial charge in [0.15, 0.2) is 11.0 Å². The Morgan fingerprint density at radius 1 is 1.15 bits per heavy atom. The Balaban J connectivity index is 2.40. The minimum Gasteiger partial charge on any atom is -0.262 e. The van der Waals surface area contributed by atoms with Gasteiger partial charge in [0.05, 0.1) is 16.7 Å². The van der Waals surface area contributed by atoms with Crippen molar-refractivity contribution in [1.82, 2.24) is 10.2 Å². The predicted octanol–water partition coefficient (Wildman–Crippen LogP) is 2.46. The Morgan fingerprint density at radius 2 is 1.90 bits per heavy atom. The second-order valence-electron chi connectivity index (χ2n) is 3.60. The van der Waals surface area contributed by atoms with E-state index in [9.17, 15) is 8.42 Å². The van der Waals surface area contributed by atoms with Crippen LogP contribution < -0.4 is 4.72 Å². The highest BCUT2D eigenvalue weighted by Gasteiger charge is 2.19. The van der Waals surface area contributed by atoms with Crippen LogP contribution in [0.2, 0.25) is 10.2 Å². The Morgan fingerprint density at radius 3 is 2.50 bits per heavy atom. The van der Waals surface area contributed by atoms with Gasteiger partial charge in [-0.05, 0) is 30.3 Å². The van der Waals surface area contributed by atoms with Crippen molar-refractivity contribution < 1.29 is 8.42 Å². The second-order valence-corrected chi connectivity index (χ2v) is 6.05. The van der Waals surface area contributed by atoms with Crippen LogP contribution in [0, 0.1) is 11.3 Å². The number of hydrogen-bond donors (Lipinski definition) is 1. The number of nitrogens with zero attached hydrogens (tertiary/aromatic N) is 3. The van der Waals surface area contributed by atoms with Crippen molar-refractivity contribution in [3.8, 4) is 6.07 Å². The third-order valence-electron chi connectivity index (χ3n) is 2.22. The van der Waals surface area contributed by atoms with E-state index in [1.54, 1.807) is 0 Å². The number of benzene rings is 1. The molecule has 0 amide bonds. The first-order chi connectivity index (χ1) is 9.42. The number of halogens is 2. The first-order valence-electron chi connectivity index (χ1n) is 5.14. The molecule has 1 N–H and O–H groups in total. The van der Waals surface area contributed by atoms with Crippen molar-refractivity contribution in [2.75, 3.05) is 4.72 Å². The largest absolute Gasteiger partial charge is 0.264 e. The molecule has 0 unspecified atom stereocenters. The minimum absolute atomic E-state index is 0.00146. The summed E-state index contributed by atoms with van der Waals surface area (Å²) in [5.41, 5.74) is 0.178. The molecule has 0 aliphatic heterocycles. The van der Waals surface area contributed by atoms with Crippen LogP contribution >= 0.6 is 23.2 Å². The average molecular weight is 329 g/mol. The van der Waals surface area contributed by atoms with Crippen molar-refractivity contribution in [3.63, 3.8) is 0 Å². The zero-order valence-electron chi connectivity index (χ0n) is 9.71. The number of anilines is 1. The molecular weight excluding hydrogens is 323 g/mol. The molecule has 0 aliphatic carbocycles. The summed E-state index contributed by atoms with van der Waals surface area (Å²) in [4.78, 5) is -0.213. The van der Waals surface area contributed by atoms with E-state index in [1.807, 2.05) is 6.07 Å². The fraction of sp³-hybridized carbons (Fsp3) is 0. The summed E-state index contributed by atoms with van der Waals surface area (Å²) in [6.07, 6.45) is 0. The van der Waals surface area contributed by atoms with Gasteiger partial charge in [-0.25, -0.2) is 8.42 Å². The monoisotopic (exact) mass is 328 g/mol. The first-order valence-corrected chi connectivity index (χ1v) is 7.38. The van der Waals surface area contributed by atoms with Crippen LogP contribution in [0.15, 0.2) is 35.2 Å². The molecule has 1 aromatic heterocycles. The van der Waals surface area contributed by atoms with E-state index in [4.69, 9.17) is 28.5 Å². The minimum atomic E-state index is -3.97. The zero-order chi connectivity index (χ0) is 14.8. The van der Waals surface area contributed by atoms with Gasteiger partial charge in [-0.2, -0.15) is 5.26 Å². The molecule has 0 bridgehead atoms. The van der Waals surface area contributed by atoms with E-state index < -0.39 is 10.0 Å². The summed E-state index contributed by atoms with van der Waals surface area (Å²) >= 11 is 11.4. The van der Waals surface area contributed by atoms with Crippen molar-refractivity contribution >= 4 is 39.0 Å². The van der Waals surface area contributed by atoms with Crippen molar-refractivity contribution in [1.29, 1.82) is 5.26 Å². The second kappa shape index (κ2) is 5.63. The maximum Gasteiger partial charge on any atom is 0.264 e. The molecular formula is C11H6Cl2N4O2S. The Labute approximate surface area is 125 Å². The van der Waals surface area contributed by atoms with Gasteiger partial charge in [0.2, 0.25) is 0 Å². The summed E-state index contributed by atoms with van der Waals surface area (Å²) in [5.74, 6) is -0.00664. The molecule has 1 aromatic carbocycles. The lowest BCUT2D eigenvalue weighted by molar-refractivity contribution is 0.601. The molecule has 0 atom stereocenters. The fourth-order valence-electron chi connectivity index (χ4n) is 1.34. The van der Waals surface area contributed by atoms with Crippen molar-refractivity contribution in [2.24, 2.45) is 0 Å². The van der Waals surface area contributed by atoms with Crippen LogP contribution in [0.5, 0.6) is 0 Å². The molecule has 0 radical (unpaired) electrons. The highest BCUT2D eigenvalue weighted by Crippen LogP contribution is 2.24. The number of hydrogen-bond acceptors (Lipinski definition) is 5. The van der Waals surface area contributed by atoms with Gasteiger partial charge in [-0.3, -0.25) is 4.72 Å². The molecule has 0 saturated heterocycles. The Hall–Kier alpha value is -1.88. The molecule has 20 heavy (non-hydrogen) atoms.